The van der Waals surface area contributed by atoms with Crippen LogP contribution in [0.1, 0.15) is 32.3 Å². The number of benzene rings is 1. The highest BCUT2D eigenvalue weighted by atomic mass is 19.4. The zero-order valence-corrected chi connectivity index (χ0v) is 18.4. The van der Waals surface area contributed by atoms with Crippen LogP contribution in [0.5, 0.6) is 5.75 Å². The van der Waals surface area contributed by atoms with Crippen LogP contribution in [0.25, 0.3) is 11.1 Å². The first-order chi connectivity index (χ1) is 15.8. The highest BCUT2D eigenvalue weighted by molar-refractivity contribution is 6.09. The van der Waals surface area contributed by atoms with E-state index in [9.17, 15) is 18.3 Å². The second kappa shape index (κ2) is 10.5. The van der Waals surface area contributed by atoms with Gasteiger partial charge in [0.05, 0.1) is 19.3 Å². The van der Waals surface area contributed by atoms with E-state index in [4.69, 9.17) is 5.41 Å². The van der Waals surface area contributed by atoms with E-state index in [0.717, 1.165) is 24.0 Å². The van der Waals surface area contributed by atoms with Crippen molar-refractivity contribution >= 4 is 17.2 Å². The van der Waals surface area contributed by atoms with Gasteiger partial charge in [0.1, 0.15) is 11.6 Å². The summed E-state index contributed by atoms with van der Waals surface area (Å²) in [6.45, 7) is 4.34. The predicted molar refractivity (Wildman–Crippen MR) is 120 cm³/mol. The van der Waals surface area contributed by atoms with E-state index in [1.807, 2.05) is 13.8 Å². The van der Waals surface area contributed by atoms with Gasteiger partial charge in [-0.25, -0.2) is 4.98 Å². The zero-order valence-electron chi connectivity index (χ0n) is 18.4. The van der Waals surface area contributed by atoms with Gasteiger partial charge in [-0.15, -0.1) is 13.2 Å². The molecule has 0 aliphatic rings. The van der Waals surface area contributed by atoms with Crippen LogP contribution < -0.4 is 10.1 Å². The molecule has 3 rings (SSSR count). The first-order valence-corrected chi connectivity index (χ1v) is 10.6. The fourth-order valence-corrected chi connectivity index (χ4v) is 3.57. The minimum absolute atomic E-state index is 0.00329. The molecule has 7 nitrogen and oxygen atoms in total. The van der Waals surface area contributed by atoms with E-state index in [1.165, 1.54) is 24.3 Å². The topological polar surface area (TPSA) is 96.1 Å². The quantitative estimate of drug-likeness (QED) is 0.352. The van der Waals surface area contributed by atoms with E-state index < -0.39 is 6.36 Å². The van der Waals surface area contributed by atoms with Crippen molar-refractivity contribution in [2.45, 2.75) is 39.6 Å². The molecule has 0 fully saturated rings. The van der Waals surface area contributed by atoms with Crippen molar-refractivity contribution < 1.29 is 23.0 Å². The summed E-state index contributed by atoms with van der Waals surface area (Å²) in [6, 6.07) is 7.14. The first-order valence-electron chi connectivity index (χ1n) is 10.6. The molecule has 3 aromatic rings. The van der Waals surface area contributed by atoms with Gasteiger partial charge in [0.25, 0.3) is 0 Å². The Kier molecular flexibility index (Phi) is 7.70. The highest BCUT2D eigenvalue weighted by Crippen LogP contribution is 2.33. The average molecular weight is 461 g/mol. The lowest BCUT2D eigenvalue weighted by atomic mass is 9.88. The fourth-order valence-electron chi connectivity index (χ4n) is 3.57. The molecule has 0 atom stereocenters. The second-order valence-corrected chi connectivity index (χ2v) is 7.42. The summed E-state index contributed by atoms with van der Waals surface area (Å²) in [6.07, 6.45) is 1.85. The number of nitrogens with zero attached hydrogens (tertiary/aromatic N) is 3. The standard InChI is InChI=1S/C23H26F3N5O2/c1-3-15(4-2)21(27)20-19(16-13-29-31(14-16)11-12-32)9-10-28-22(20)30-17-5-7-18(8-6-17)33-23(24,25)26/h5-10,13-15,27,32H,3-4,11-12H2,1-2H3,(H,28,30). The third kappa shape index (κ3) is 6.10. The molecule has 0 amide bonds. The lowest BCUT2D eigenvalue weighted by Crippen LogP contribution is -2.17. The highest BCUT2D eigenvalue weighted by Gasteiger charge is 2.31. The van der Waals surface area contributed by atoms with Crippen LogP contribution in [-0.2, 0) is 6.54 Å². The van der Waals surface area contributed by atoms with Crippen molar-refractivity contribution in [3.63, 3.8) is 0 Å². The normalized spacial score (nSPS) is 11.6. The Morgan fingerprint density at radius 2 is 1.88 bits per heavy atom. The maximum atomic E-state index is 12.4. The Labute approximate surface area is 189 Å². The Balaban J connectivity index is 2.00. The van der Waals surface area contributed by atoms with Crippen LogP contribution in [0.2, 0.25) is 0 Å². The summed E-state index contributed by atoms with van der Waals surface area (Å²) in [5.41, 5.74) is 3.05. The molecule has 3 N–H and O–H groups in total. The van der Waals surface area contributed by atoms with Gasteiger partial charge in [0, 0.05) is 40.8 Å². The minimum Gasteiger partial charge on any atom is -0.406 e. The number of rotatable bonds is 10. The maximum Gasteiger partial charge on any atom is 0.573 e. The number of aliphatic hydroxyl groups is 1. The van der Waals surface area contributed by atoms with Crippen molar-refractivity contribution in [3.8, 4) is 16.9 Å². The van der Waals surface area contributed by atoms with Crippen LogP contribution in [0.15, 0.2) is 48.9 Å². The molecule has 33 heavy (non-hydrogen) atoms. The average Bonchev–Trinajstić information content (AvgIpc) is 3.23. The van der Waals surface area contributed by atoms with Crippen LogP contribution in [0.3, 0.4) is 0 Å². The number of hydrogen-bond donors (Lipinski definition) is 3. The minimum atomic E-state index is -4.76. The molecule has 2 heterocycles. The molecule has 176 valence electrons. The lowest BCUT2D eigenvalue weighted by molar-refractivity contribution is -0.274. The van der Waals surface area contributed by atoms with E-state index in [1.54, 1.807) is 29.3 Å². The molecule has 0 saturated carbocycles. The van der Waals surface area contributed by atoms with E-state index in [2.05, 4.69) is 20.1 Å². The summed E-state index contributed by atoms with van der Waals surface area (Å²) in [4.78, 5) is 4.43. The van der Waals surface area contributed by atoms with Gasteiger partial charge in [0.2, 0.25) is 0 Å². The third-order valence-electron chi connectivity index (χ3n) is 5.24. The van der Waals surface area contributed by atoms with Crippen LogP contribution in [-0.4, -0.2) is 38.6 Å². The monoisotopic (exact) mass is 461 g/mol. The molecule has 0 unspecified atom stereocenters. The summed E-state index contributed by atoms with van der Waals surface area (Å²) in [7, 11) is 0. The number of hydrogen-bond acceptors (Lipinski definition) is 6. The van der Waals surface area contributed by atoms with E-state index >= 15 is 0 Å². The number of halogens is 3. The molecular formula is C23H26F3N5O2. The molecule has 2 aromatic heterocycles. The molecule has 0 spiro atoms. The number of nitrogens with one attached hydrogen (secondary N) is 2. The molecule has 0 aliphatic heterocycles. The number of anilines is 2. The molecule has 0 radical (unpaired) electrons. The fraction of sp³-hybridized carbons (Fsp3) is 0.348. The number of pyridine rings is 1. The summed E-state index contributed by atoms with van der Waals surface area (Å²) in [5, 5.41) is 25.5. The van der Waals surface area contributed by atoms with Crippen molar-refractivity contribution in [2.75, 3.05) is 11.9 Å². The van der Waals surface area contributed by atoms with Crippen molar-refractivity contribution in [1.82, 2.24) is 14.8 Å². The van der Waals surface area contributed by atoms with Gasteiger partial charge in [-0.05, 0) is 48.7 Å². The largest absolute Gasteiger partial charge is 0.573 e. The summed E-state index contributed by atoms with van der Waals surface area (Å²) in [5.74, 6) is 0.100. The van der Waals surface area contributed by atoms with Gasteiger partial charge in [0.15, 0.2) is 0 Å². The SMILES string of the molecule is CCC(CC)C(=N)c1c(-c2cnn(CCO)c2)ccnc1Nc1ccc(OC(F)(F)F)cc1. The van der Waals surface area contributed by atoms with Gasteiger partial charge in [-0.3, -0.25) is 4.68 Å². The molecule has 10 heteroatoms. The zero-order chi connectivity index (χ0) is 24.0. The van der Waals surface area contributed by atoms with Gasteiger partial charge >= 0.3 is 6.36 Å². The van der Waals surface area contributed by atoms with Crippen LogP contribution in [0.4, 0.5) is 24.7 Å². The van der Waals surface area contributed by atoms with Crippen LogP contribution >= 0.6 is 0 Å². The smallest absolute Gasteiger partial charge is 0.406 e. The van der Waals surface area contributed by atoms with E-state index in [0.29, 0.717) is 29.3 Å². The maximum absolute atomic E-state index is 12.4. The summed E-state index contributed by atoms with van der Waals surface area (Å²) < 4.78 is 42.9. The Hall–Kier alpha value is -3.40. The van der Waals surface area contributed by atoms with Gasteiger partial charge in [-0.2, -0.15) is 5.10 Å². The van der Waals surface area contributed by atoms with Crippen molar-refractivity contribution in [3.05, 3.63) is 54.5 Å². The number of alkyl halides is 3. The number of ether oxygens (including phenoxy) is 1. The molecular weight excluding hydrogens is 435 g/mol. The Morgan fingerprint density at radius 3 is 2.48 bits per heavy atom. The molecule has 0 aliphatic carbocycles. The van der Waals surface area contributed by atoms with Crippen molar-refractivity contribution in [2.24, 2.45) is 5.92 Å². The molecule has 0 bridgehead atoms. The first kappa shape index (κ1) is 24.2. The molecule has 0 saturated heterocycles. The van der Waals surface area contributed by atoms with Crippen molar-refractivity contribution in [1.29, 1.82) is 5.41 Å². The van der Waals surface area contributed by atoms with E-state index in [-0.39, 0.29) is 18.3 Å². The lowest BCUT2D eigenvalue weighted by Gasteiger charge is -2.20. The second-order valence-electron chi connectivity index (χ2n) is 7.42. The summed E-state index contributed by atoms with van der Waals surface area (Å²) >= 11 is 0. The number of aromatic nitrogens is 3. The Bertz CT molecular complexity index is 1080. The number of aliphatic hydroxyl groups excluding tert-OH is 1. The van der Waals surface area contributed by atoms with Gasteiger partial charge < -0.3 is 20.6 Å². The molecule has 1 aromatic carbocycles. The Morgan fingerprint density at radius 1 is 1.18 bits per heavy atom. The third-order valence-corrected chi connectivity index (χ3v) is 5.24. The van der Waals surface area contributed by atoms with Gasteiger partial charge in [-0.1, -0.05) is 13.8 Å². The van der Waals surface area contributed by atoms with Crippen LogP contribution in [0, 0.1) is 11.3 Å². The predicted octanol–water partition coefficient (Wildman–Crippen LogP) is 5.38.